The predicted octanol–water partition coefficient (Wildman–Crippen LogP) is 3.25. The van der Waals surface area contributed by atoms with E-state index in [2.05, 4.69) is 10.1 Å². The first-order valence-electron chi connectivity index (χ1n) is 8.19. The SMILES string of the molecule is Cc1noc(C)c1CN1CCN(C(=O)Cc2ccc(Cl)cc2)CC1.Cl. The molecule has 3 rings (SSSR count). The highest BCUT2D eigenvalue weighted by Gasteiger charge is 2.22. The Labute approximate surface area is 159 Å². The molecule has 2 heterocycles. The lowest BCUT2D eigenvalue weighted by Gasteiger charge is -2.34. The summed E-state index contributed by atoms with van der Waals surface area (Å²) in [4.78, 5) is 16.7. The van der Waals surface area contributed by atoms with Crippen molar-refractivity contribution in [1.82, 2.24) is 15.0 Å². The molecule has 136 valence electrons. The number of halogens is 2. The van der Waals surface area contributed by atoms with Crippen LogP contribution in [0, 0.1) is 13.8 Å². The molecule has 1 aliphatic rings. The van der Waals surface area contributed by atoms with Crippen LogP contribution in [-0.4, -0.2) is 47.0 Å². The molecule has 0 unspecified atom stereocenters. The number of rotatable bonds is 4. The van der Waals surface area contributed by atoms with Crippen molar-refractivity contribution in [2.45, 2.75) is 26.8 Å². The van der Waals surface area contributed by atoms with Gasteiger partial charge in [-0.15, -0.1) is 12.4 Å². The number of hydrogen-bond acceptors (Lipinski definition) is 4. The summed E-state index contributed by atoms with van der Waals surface area (Å²) in [5.74, 6) is 1.06. The van der Waals surface area contributed by atoms with E-state index in [4.69, 9.17) is 16.1 Å². The van der Waals surface area contributed by atoms with Gasteiger partial charge in [0.05, 0.1) is 12.1 Å². The van der Waals surface area contributed by atoms with E-state index in [1.807, 2.05) is 43.0 Å². The number of piperazine rings is 1. The Balaban J connectivity index is 0.00000225. The smallest absolute Gasteiger partial charge is 0.227 e. The molecular formula is C18H23Cl2N3O2. The van der Waals surface area contributed by atoms with E-state index in [9.17, 15) is 4.79 Å². The van der Waals surface area contributed by atoms with Crippen molar-refractivity contribution in [3.63, 3.8) is 0 Å². The molecule has 0 N–H and O–H groups in total. The van der Waals surface area contributed by atoms with Crippen LogP contribution < -0.4 is 0 Å². The molecule has 0 saturated carbocycles. The zero-order valence-corrected chi connectivity index (χ0v) is 16.1. The van der Waals surface area contributed by atoms with Crippen LogP contribution in [0.25, 0.3) is 0 Å². The Morgan fingerprint density at radius 2 is 1.80 bits per heavy atom. The standard InChI is InChI=1S/C18H22ClN3O2.ClH/c1-13-17(14(2)24-20-13)12-21-7-9-22(10-8-21)18(23)11-15-3-5-16(19)6-4-15;/h3-6H,7-12H2,1-2H3;1H. The van der Waals surface area contributed by atoms with Crippen LogP contribution >= 0.6 is 24.0 Å². The number of aromatic nitrogens is 1. The molecule has 1 saturated heterocycles. The molecule has 0 radical (unpaired) electrons. The summed E-state index contributed by atoms with van der Waals surface area (Å²) in [7, 11) is 0. The number of carbonyl (C=O) groups excluding carboxylic acids is 1. The molecule has 5 nitrogen and oxygen atoms in total. The Morgan fingerprint density at radius 3 is 2.36 bits per heavy atom. The Morgan fingerprint density at radius 1 is 1.16 bits per heavy atom. The second kappa shape index (κ2) is 8.70. The fraction of sp³-hybridized carbons (Fsp3) is 0.444. The molecule has 1 aromatic heterocycles. The molecule has 25 heavy (non-hydrogen) atoms. The normalized spacial score (nSPS) is 15.1. The Bertz CT molecular complexity index is 688. The third-order valence-corrected chi connectivity index (χ3v) is 4.81. The third-order valence-electron chi connectivity index (χ3n) is 4.56. The van der Waals surface area contributed by atoms with Crippen LogP contribution in [0.4, 0.5) is 0 Å². The Kier molecular flexibility index (Phi) is 6.87. The van der Waals surface area contributed by atoms with Crippen molar-refractivity contribution in [1.29, 1.82) is 0 Å². The van der Waals surface area contributed by atoms with Gasteiger partial charge in [-0.05, 0) is 31.5 Å². The summed E-state index contributed by atoms with van der Waals surface area (Å²) in [6.07, 6.45) is 0.432. The van der Waals surface area contributed by atoms with E-state index in [1.54, 1.807) is 0 Å². The highest BCUT2D eigenvalue weighted by molar-refractivity contribution is 6.30. The monoisotopic (exact) mass is 383 g/mol. The fourth-order valence-electron chi connectivity index (χ4n) is 3.00. The minimum atomic E-state index is 0. The Hall–Kier alpha value is -1.56. The fourth-order valence-corrected chi connectivity index (χ4v) is 3.12. The van der Waals surface area contributed by atoms with Crippen molar-refractivity contribution in [3.8, 4) is 0 Å². The van der Waals surface area contributed by atoms with Gasteiger partial charge in [-0.2, -0.15) is 0 Å². The highest BCUT2D eigenvalue weighted by Crippen LogP contribution is 2.17. The summed E-state index contributed by atoms with van der Waals surface area (Å²) in [5, 5.41) is 4.70. The maximum atomic E-state index is 12.4. The van der Waals surface area contributed by atoms with Gasteiger partial charge < -0.3 is 9.42 Å². The topological polar surface area (TPSA) is 49.6 Å². The third kappa shape index (κ3) is 4.97. The number of hydrogen-bond donors (Lipinski definition) is 0. The number of aryl methyl sites for hydroxylation is 2. The average Bonchev–Trinajstić information content (AvgIpc) is 2.89. The molecular weight excluding hydrogens is 361 g/mol. The van der Waals surface area contributed by atoms with Gasteiger partial charge in [0, 0.05) is 43.3 Å². The van der Waals surface area contributed by atoms with Crippen LogP contribution in [0.15, 0.2) is 28.8 Å². The number of amides is 1. The van der Waals surface area contributed by atoms with Crippen molar-refractivity contribution in [2.24, 2.45) is 0 Å². The average molecular weight is 384 g/mol. The first-order valence-corrected chi connectivity index (χ1v) is 8.57. The molecule has 2 aromatic rings. The molecule has 1 aliphatic heterocycles. The van der Waals surface area contributed by atoms with E-state index in [1.165, 1.54) is 0 Å². The quantitative estimate of drug-likeness (QED) is 0.812. The molecule has 0 bridgehead atoms. The molecule has 1 amide bonds. The summed E-state index contributed by atoms with van der Waals surface area (Å²) < 4.78 is 5.22. The van der Waals surface area contributed by atoms with Crippen LogP contribution in [0.3, 0.4) is 0 Å². The molecule has 1 aromatic carbocycles. The van der Waals surface area contributed by atoms with Crippen molar-refractivity contribution < 1.29 is 9.32 Å². The first kappa shape index (κ1) is 19.8. The number of carbonyl (C=O) groups is 1. The van der Waals surface area contributed by atoms with Gasteiger partial charge >= 0.3 is 0 Å². The number of nitrogens with zero attached hydrogens (tertiary/aromatic N) is 3. The summed E-state index contributed by atoms with van der Waals surface area (Å²) in [5.41, 5.74) is 3.12. The van der Waals surface area contributed by atoms with Crippen molar-refractivity contribution in [2.75, 3.05) is 26.2 Å². The minimum absolute atomic E-state index is 0. The van der Waals surface area contributed by atoms with E-state index in [0.717, 1.165) is 55.3 Å². The van der Waals surface area contributed by atoms with Crippen molar-refractivity contribution >= 4 is 29.9 Å². The van der Waals surface area contributed by atoms with E-state index >= 15 is 0 Å². The zero-order chi connectivity index (χ0) is 17.1. The first-order chi connectivity index (χ1) is 11.5. The van der Waals surface area contributed by atoms with E-state index in [0.29, 0.717) is 11.4 Å². The second-order valence-electron chi connectivity index (χ2n) is 6.26. The van der Waals surface area contributed by atoms with Crippen LogP contribution in [0.1, 0.15) is 22.6 Å². The van der Waals surface area contributed by atoms with E-state index in [-0.39, 0.29) is 18.3 Å². The van der Waals surface area contributed by atoms with Gasteiger partial charge in [0.2, 0.25) is 5.91 Å². The molecule has 0 spiro atoms. The van der Waals surface area contributed by atoms with Gasteiger partial charge in [0.25, 0.3) is 0 Å². The van der Waals surface area contributed by atoms with Crippen molar-refractivity contribution in [3.05, 3.63) is 51.9 Å². The minimum Gasteiger partial charge on any atom is -0.361 e. The summed E-state index contributed by atoms with van der Waals surface area (Å²) in [6.45, 7) is 8.01. The molecule has 1 fully saturated rings. The lowest BCUT2D eigenvalue weighted by Crippen LogP contribution is -2.48. The summed E-state index contributed by atoms with van der Waals surface area (Å²) >= 11 is 5.88. The zero-order valence-electron chi connectivity index (χ0n) is 14.5. The van der Waals surface area contributed by atoms with Crippen LogP contribution in [0.5, 0.6) is 0 Å². The number of benzene rings is 1. The molecule has 0 aliphatic carbocycles. The second-order valence-corrected chi connectivity index (χ2v) is 6.70. The largest absolute Gasteiger partial charge is 0.361 e. The maximum absolute atomic E-state index is 12.4. The van der Waals surface area contributed by atoms with Gasteiger partial charge in [-0.25, -0.2) is 0 Å². The van der Waals surface area contributed by atoms with Gasteiger partial charge in [0.1, 0.15) is 5.76 Å². The summed E-state index contributed by atoms with van der Waals surface area (Å²) in [6, 6.07) is 7.47. The highest BCUT2D eigenvalue weighted by atomic mass is 35.5. The van der Waals surface area contributed by atoms with Gasteiger partial charge in [-0.1, -0.05) is 28.9 Å². The molecule has 0 atom stereocenters. The van der Waals surface area contributed by atoms with Gasteiger partial charge in [0.15, 0.2) is 0 Å². The van der Waals surface area contributed by atoms with Crippen LogP contribution in [0.2, 0.25) is 5.02 Å². The van der Waals surface area contributed by atoms with Gasteiger partial charge in [-0.3, -0.25) is 9.69 Å². The van der Waals surface area contributed by atoms with E-state index < -0.39 is 0 Å². The lowest BCUT2D eigenvalue weighted by atomic mass is 10.1. The predicted molar refractivity (Wildman–Crippen MR) is 100 cm³/mol. The van der Waals surface area contributed by atoms with Crippen LogP contribution in [-0.2, 0) is 17.8 Å². The maximum Gasteiger partial charge on any atom is 0.227 e. The molecule has 7 heteroatoms. The lowest BCUT2D eigenvalue weighted by molar-refractivity contribution is -0.132.